The summed E-state index contributed by atoms with van der Waals surface area (Å²) in [5, 5.41) is 0. The third-order valence-corrected chi connectivity index (χ3v) is 3.30. The van der Waals surface area contributed by atoms with Crippen molar-refractivity contribution in [1.29, 1.82) is 0 Å². The summed E-state index contributed by atoms with van der Waals surface area (Å²) < 4.78 is 0. The van der Waals surface area contributed by atoms with E-state index in [-0.39, 0.29) is 20.3 Å². The zero-order valence-corrected chi connectivity index (χ0v) is 10.4. The summed E-state index contributed by atoms with van der Waals surface area (Å²) in [7, 11) is 0. The first-order chi connectivity index (χ1) is 7.45. The summed E-state index contributed by atoms with van der Waals surface area (Å²) in [6.07, 6.45) is 0. The first-order valence-corrected chi connectivity index (χ1v) is 6.26. The van der Waals surface area contributed by atoms with Crippen LogP contribution >= 0.6 is 11.8 Å². The van der Waals surface area contributed by atoms with Crippen LogP contribution in [0.25, 0.3) is 0 Å². The molecule has 0 spiro atoms. The van der Waals surface area contributed by atoms with Crippen molar-refractivity contribution in [2.24, 2.45) is 0 Å². The Hall–Kier alpha value is -0.613. The quantitative estimate of drug-likeness (QED) is 0.701. The molecule has 2 heteroatoms. The van der Waals surface area contributed by atoms with Crippen molar-refractivity contribution in [2.75, 3.05) is 0 Å². The van der Waals surface area contributed by atoms with Crippen LogP contribution in [0.1, 0.15) is 12.6 Å². The number of rotatable bonds is 4. The van der Waals surface area contributed by atoms with Gasteiger partial charge >= 0.3 is 18.9 Å². The summed E-state index contributed by atoms with van der Waals surface area (Å²) in [5.41, 5.74) is 2.80. The van der Waals surface area contributed by atoms with Gasteiger partial charge in [-0.1, -0.05) is 60.7 Å². The van der Waals surface area contributed by atoms with Crippen molar-refractivity contribution in [3.8, 4) is 0 Å². The van der Waals surface area contributed by atoms with Crippen LogP contribution in [0, 0.1) is 0 Å². The molecule has 0 atom stereocenters. The normalized spacial score (nSPS) is 9.50. The van der Waals surface area contributed by atoms with Crippen LogP contribution in [-0.4, -0.2) is 0 Å². The summed E-state index contributed by atoms with van der Waals surface area (Å²) in [6, 6.07) is 21.2. The summed E-state index contributed by atoms with van der Waals surface area (Å²) in [4.78, 5) is 0. The van der Waals surface area contributed by atoms with Gasteiger partial charge in [0.2, 0.25) is 0 Å². The van der Waals surface area contributed by atoms with Crippen LogP contribution in [0.5, 0.6) is 0 Å². The number of hydrogen-bond acceptors (Lipinski definition) is 1. The smallest absolute Gasteiger partial charge is 1.00 e. The van der Waals surface area contributed by atoms with E-state index in [4.69, 9.17) is 0 Å². The van der Waals surface area contributed by atoms with Gasteiger partial charge in [-0.2, -0.15) is 11.8 Å². The molecule has 2 rings (SSSR count). The standard InChI is InChI=1S/C14H14S.Li.H/c1-3-7-13(8-4-1)11-15-12-14-9-5-2-6-10-14;;/h1-10H,11-12H2;;/q;+1;-1. The molecule has 0 aliphatic rings. The topological polar surface area (TPSA) is 0 Å². The van der Waals surface area contributed by atoms with Crippen molar-refractivity contribution in [1.82, 2.24) is 0 Å². The molecule has 0 aliphatic carbocycles. The fraction of sp³-hybridized carbons (Fsp3) is 0.143. The zero-order chi connectivity index (χ0) is 10.3. The van der Waals surface area contributed by atoms with E-state index < -0.39 is 0 Å². The predicted octanol–water partition coefficient (Wildman–Crippen LogP) is 1.24. The number of hydrogen-bond donors (Lipinski definition) is 0. The Labute approximate surface area is 115 Å². The van der Waals surface area contributed by atoms with Crippen LogP contribution in [0.15, 0.2) is 60.7 Å². The Kier molecular flexibility index (Phi) is 6.41. The molecular formula is C14H15LiS. The van der Waals surface area contributed by atoms with Gasteiger partial charge in [-0.05, 0) is 11.1 Å². The summed E-state index contributed by atoms with van der Waals surface area (Å²) in [6.45, 7) is 0. The molecule has 0 amide bonds. The molecule has 0 fully saturated rings. The molecular weight excluding hydrogens is 207 g/mol. The first-order valence-electron chi connectivity index (χ1n) is 5.11. The molecule has 0 aliphatic heterocycles. The molecule has 0 unspecified atom stereocenters. The van der Waals surface area contributed by atoms with E-state index in [2.05, 4.69) is 60.7 Å². The molecule has 0 saturated carbocycles. The second-order valence-electron chi connectivity index (χ2n) is 3.46. The molecule has 2 aromatic carbocycles. The van der Waals surface area contributed by atoms with Crippen LogP contribution in [0.3, 0.4) is 0 Å². The monoisotopic (exact) mass is 222 g/mol. The molecule has 0 radical (unpaired) electrons. The van der Waals surface area contributed by atoms with Crippen molar-refractivity contribution >= 4 is 11.8 Å². The van der Waals surface area contributed by atoms with E-state index in [1.165, 1.54) is 11.1 Å². The van der Waals surface area contributed by atoms with Gasteiger partial charge in [0, 0.05) is 11.5 Å². The van der Waals surface area contributed by atoms with Crippen LogP contribution in [-0.2, 0) is 11.5 Å². The van der Waals surface area contributed by atoms with Gasteiger partial charge in [-0.15, -0.1) is 0 Å². The van der Waals surface area contributed by atoms with E-state index in [9.17, 15) is 0 Å². The van der Waals surface area contributed by atoms with Gasteiger partial charge in [0.25, 0.3) is 0 Å². The molecule has 0 heterocycles. The Balaban J connectivity index is 0.00000128. The maximum absolute atomic E-state index is 2.18. The van der Waals surface area contributed by atoms with Crippen molar-refractivity contribution < 1.29 is 20.3 Å². The minimum atomic E-state index is 0. The van der Waals surface area contributed by atoms with Gasteiger partial charge in [-0.3, -0.25) is 0 Å². The van der Waals surface area contributed by atoms with Gasteiger partial charge in [0.1, 0.15) is 0 Å². The van der Waals surface area contributed by atoms with E-state index in [0.29, 0.717) is 0 Å². The van der Waals surface area contributed by atoms with Gasteiger partial charge < -0.3 is 1.43 Å². The average molecular weight is 222 g/mol. The molecule has 0 nitrogen and oxygen atoms in total. The number of thioether (sulfide) groups is 1. The SMILES string of the molecule is [H-].[Li+].c1ccc(CSCc2ccccc2)cc1. The number of benzene rings is 2. The second-order valence-corrected chi connectivity index (χ2v) is 4.45. The Morgan fingerprint density at radius 2 is 1.06 bits per heavy atom. The third-order valence-electron chi connectivity index (χ3n) is 2.22. The molecule has 0 aromatic heterocycles. The van der Waals surface area contributed by atoms with Gasteiger partial charge in [0.15, 0.2) is 0 Å². The zero-order valence-electron chi connectivity index (χ0n) is 10.6. The Morgan fingerprint density at radius 3 is 1.44 bits per heavy atom. The van der Waals surface area contributed by atoms with Gasteiger partial charge in [0.05, 0.1) is 0 Å². The average Bonchev–Trinajstić information content (AvgIpc) is 2.32. The van der Waals surface area contributed by atoms with Crippen molar-refractivity contribution in [3.63, 3.8) is 0 Å². The van der Waals surface area contributed by atoms with Gasteiger partial charge in [-0.25, -0.2) is 0 Å². The fourth-order valence-electron chi connectivity index (χ4n) is 1.44. The largest absolute Gasteiger partial charge is 1.00 e. The van der Waals surface area contributed by atoms with E-state index in [1.54, 1.807) is 0 Å². The van der Waals surface area contributed by atoms with Crippen molar-refractivity contribution in [2.45, 2.75) is 11.5 Å². The Bertz CT molecular complexity index is 352. The maximum Gasteiger partial charge on any atom is 1.00 e. The van der Waals surface area contributed by atoms with E-state index in [0.717, 1.165) is 11.5 Å². The molecule has 0 bridgehead atoms. The third kappa shape index (κ3) is 4.49. The predicted molar refractivity (Wildman–Crippen MR) is 69.0 cm³/mol. The minimum absolute atomic E-state index is 0. The van der Waals surface area contributed by atoms with Crippen LogP contribution < -0.4 is 18.9 Å². The minimum Gasteiger partial charge on any atom is -1.00 e. The molecule has 16 heavy (non-hydrogen) atoms. The molecule has 0 N–H and O–H groups in total. The summed E-state index contributed by atoms with van der Waals surface area (Å²) in [5.74, 6) is 2.19. The molecule has 2 aromatic rings. The summed E-state index contributed by atoms with van der Waals surface area (Å²) >= 11 is 1.96. The van der Waals surface area contributed by atoms with E-state index >= 15 is 0 Å². The first kappa shape index (κ1) is 13.5. The van der Waals surface area contributed by atoms with Crippen molar-refractivity contribution in [3.05, 3.63) is 71.8 Å². The second kappa shape index (κ2) is 7.63. The molecule has 0 saturated heterocycles. The van der Waals surface area contributed by atoms with Crippen LogP contribution in [0.4, 0.5) is 0 Å². The molecule has 78 valence electrons. The van der Waals surface area contributed by atoms with E-state index in [1.807, 2.05) is 11.8 Å². The Morgan fingerprint density at radius 1 is 0.688 bits per heavy atom. The fourth-order valence-corrected chi connectivity index (χ4v) is 2.39. The maximum atomic E-state index is 2.18. The van der Waals surface area contributed by atoms with Crippen LogP contribution in [0.2, 0.25) is 0 Å².